The standard InChI is InChI=1S/C26H32Cl3N3O4S/c1-3-24(26(34)30-22-7-5-4-6-8-22)31(16-18-9-11-19(27)12-10-18)25(33)17-32(37(2,35)36)23-14-20(28)13-21(29)15-23/h9-15,22,24H,3-8,16-17H2,1-2H3,(H,30,34)/t24-/m1/s1. The Morgan fingerprint density at radius 3 is 2.11 bits per heavy atom. The van der Waals surface area contributed by atoms with Crippen molar-refractivity contribution in [2.75, 3.05) is 17.1 Å². The molecular weight excluding hydrogens is 557 g/mol. The molecule has 0 aromatic heterocycles. The Kier molecular flexibility index (Phi) is 10.5. The number of carbonyl (C=O) groups is 2. The average molecular weight is 589 g/mol. The molecule has 0 saturated heterocycles. The van der Waals surface area contributed by atoms with Gasteiger partial charge in [-0.05, 0) is 55.2 Å². The Bertz CT molecular complexity index is 1180. The molecule has 3 rings (SSSR count). The second-order valence-corrected chi connectivity index (χ2v) is 12.5. The highest BCUT2D eigenvalue weighted by atomic mass is 35.5. The van der Waals surface area contributed by atoms with E-state index in [4.69, 9.17) is 34.8 Å². The van der Waals surface area contributed by atoms with Gasteiger partial charge in [0, 0.05) is 27.7 Å². The third-order valence-electron chi connectivity index (χ3n) is 6.42. The predicted octanol–water partition coefficient (Wildman–Crippen LogP) is 5.67. The first kappa shape index (κ1) is 29.6. The first-order valence-corrected chi connectivity index (χ1v) is 15.2. The summed E-state index contributed by atoms with van der Waals surface area (Å²) in [6, 6.07) is 10.6. The number of hydrogen-bond donors (Lipinski definition) is 1. The Morgan fingerprint density at radius 1 is 0.973 bits per heavy atom. The van der Waals surface area contributed by atoms with Gasteiger partial charge in [0.15, 0.2) is 0 Å². The molecule has 1 aliphatic carbocycles. The maximum Gasteiger partial charge on any atom is 0.244 e. The van der Waals surface area contributed by atoms with Gasteiger partial charge in [-0.3, -0.25) is 13.9 Å². The van der Waals surface area contributed by atoms with Crippen LogP contribution >= 0.6 is 34.8 Å². The largest absolute Gasteiger partial charge is 0.352 e. The van der Waals surface area contributed by atoms with E-state index in [1.54, 1.807) is 24.3 Å². The summed E-state index contributed by atoms with van der Waals surface area (Å²) in [7, 11) is -3.88. The molecule has 11 heteroatoms. The quantitative estimate of drug-likeness (QED) is 0.388. The monoisotopic (exact) mass is 587 g/mol. The van der Waals surface area contributed by atoms with E-state index in [1.807, 2.05) is 6.92 Å². The molecule has 0 heterocycles. The van der Waals surface area contributed by atoms with Crippen LogP contribution in [0.1, 0.15) is 51.0 Å². The van der Waals surface area contributed by atoms with Gasteiger partial charge < -0.3 is 10.2 Å². The molecule has 1 N–H and O–H groups in total. The summed E-state index contributed by atoms with van der Waals surface area (Å²) in [5.74, 6) is -0.768. The predicted molar refractivity (Wildman–Crippen MR) is 150 cm³/mol. The molecule has 1 aliphatic rings. The molecular formula is C26H32Cl3N3O4S. The fourth-order valence-corrected chi connectivity index (χ4v) is 6.02. The Balaban J connectivity index is 1.92. The molecule has 7 nitrogen and oxygen atoms in total. The van der Waals surface area contributed by atoms with Gasteiger partial charge in [-0.25, -0.2) is 8.42 Å². The number of halogens is 3. The van der Waals surface area contributed by atoms with E-state index in [1.165, 1.54) is 23.1 Å². The molecule has 2 aromatic rings. The van der Waals surface area contributed by atoms with E-state index in [2.05, 4.69) is 5.32 Å². The Hall–Kier alpha value is -2.00. The molecule has 2 aromatic carbocycles. The summed E-state index contributed by atoms with van der Waals surface area (Å²) in [6.45, 7) is 1.43. The van der Waals surface area contributed by atoms with Gasteiger partial charge in [0.05, 0.1) is 11.9 Å². The van der Waals surface area contributed by atoms with Crippen LogP contribution < -0.4 is 9.62 Å². The minimum atomic E-state index is -3.88. The maximum absolute atomic E-state index is 13.8. The third-order valence-corrected chi connectivity index (χ3v) is 8.25. The fourth-order valence-electron chi connectivity index (χ4n) is 4.55. The van der Waals surface area contributed by atoms with E-state index in [-0.39, 0.29) is 34.2 Å². The minimum Gasteiger partial charge on any atom is -0.352 e. The zero-order valence-corrected chi connectivity index (χ0v) is 24.0. The lowest BCUT2D eigenvalue weighted by Gasteiger charge is -2.34. The van der Waals surface area contributed by atoms with Gasteiger partial charge in [-0.15, -0.1) is 0 Å². The molecule has 1 saturated carbocycles. The lowest BCUT2D eigenvalue weighted by atomic mass is 9.95. The molecule has 0 aliphatic heterocycles. The first-order chi connectivity index (χ1) is 17.5. The van der Waals surface area contributed by atoms with Crippen LogP contribution in [0.4, 0.5) is 5.69 Å². The van der Waals surface area contributed by atoms with Gasteiger partial charge >= 0.3 is 0 Å². The number of nitrogens with one attached hydrogen (secondary N) is 1. The summed E-state index contributed by atoms with van der Waals surface area (Å²) in [6.07, 6.45) is 6.45. The van der Waals surface area contributed by atoms with E-state index < -0.39 is 28.5 Å². The van der Waals surface area contributed by atoms with Crippen molar-refractivity contribution >= 4 is 62.3 Å². The van der Waals surface area contributed by atoms with Crippen LogP contribution in [0.15, 0.2) is 42.5 Å². The summed E-state index contributed by atoms with van der Waals surface area (Å²) in [5.41, 5.74) is 0.929. The van der Waals surface area contributed by atoms with Crippen molar-refractivity contribution in [2.24, 2.45) is 0 Å². The highest BCUT2D eigenvalue weighted by molar-refractivity contribution is 7.92. The minimum absolute atomic E-state index is 0.0731. The highest BCUT2D eigenvalue weighted by Crippen LogP contribution is 2.28. The number of amides is 2. The Morgan fingerprint density at radius 2 is 1.57 bits per heavy atom. The molecule has 1 atom stereocenters. The van der Waals surface area contributed by atoms with Gasteiger partial charge in [-0.2, -0.15) is 0 Å². The van der Waals surface area contributed by atoms with Crippen LogP contribution in [0.5, 0.6) is 0 Å². The van der Waals surface area contributed by atoms with E-state index >= 15 is 0 Å². The number of anilines is 1. The number of benzene rings is 2. The van der Waals surface area contributed by atoms with Crippen molar-refractivity contribution in [1.29, 1.82) is 0 Å². The lowest BCUT2D eigenvalue weighted by molar-refractivity contribution is -0.140. The molecule has 0 radical (unpaired) electrons. The second-order valence-electron chi connectivity index (χ2n) is 9.31. The summed E-state index contributed by atoms with van der Waals surface area (Å²) >= 11 is 18.2. The number of carbonyl (C=O) groups excluding carboxylic acids is 2. The molecule has 0 unspecified atom stereocenters. The van der Waals surface area contributed by atoms with Crippen molar-refractivity contribution in [3.05, 3.63) is 63.1 Å². The van der Waals surface area contributed by atoms with Crippen LogP contribution in [0.25, 0.3) is 0 Å². The van der Waals surface area contributed by atoms with Crippen molar-refractivity contribution in [2.45, 2.75) is 64.1 Å². The first-order valence-electron chi connectivity index (χ1n) is 12.3. The zero-order valence-electron chi connectivity index (χ0n) is 20.9. The molecule has 202 valence electrons. The van der Waals surface area contributed by atoms with E-state index in [0.29, 0.717) is 11.4 Å². The second kappa shape index (κ2) is 13.2. The van der Waals surface area contributed by atoms with E-state index in [9.17, 15) is 18.0 Å². The van der Waals surface area contributed by atoms with Crippen molar-refractivity contribution in [3.63, 3.8) is 0 Å². The molecule has 2 amide bonds. The van der Waals surface area contributed by atoms with Crippen LogP contribution in [-0.2, 0) is 26.2 Å². The summed E-state index contributed by atoms with van der Waals surface area (Å²) in [5, 5.41) is 4.13. The maximum atomic E-state index is 13.8. The molecule has 0 bridgehead atoms. The summed E-state index contributed by atoms with van der Waals surface area (Å²) in [4.78, 5) is 28.6. The molecule has 37 heavy (non-hydrogen) atoms. The van der Waals surface area contributed by atoms with Gasteiger partial charge in [0.2, 0.25) is 21.8 Å². The van der Waals surface area contributed by atoms with E-state index in [0.717, 1.165) is 48.2 Å². The van der Waals surface area contributed by atoms with Crippen LogP contribution in [0, 0.1) is 0 Å². The highest BCUT2D eigenvalue weighted by Gasteiger charge is 2.33. The number of hydrogen-bond acceptors (Lipinski definition) is 4. The fraction of sp³-hybridized carbons (Fsp3) is 0.462. The lowest BCUT2D eigenvalue weighted by Crippen LogP contribution is -2.53. The van der Waals surface area contributed by atoms with Gasteiger partial charge in [0.1, 0.15) is 12.6 Å². The molecule has 1 fully saturated rings. The third kappa shape index (κ3) is 8.50. The zero-order chi connectivity index (χ0) is 27.2. The number of rotatable bonds is 10. The van der Waals surface area contributed by atoms with Crippen molar-refractivity contribution in [3.8, 4) is 0 Å². The Labute approximate surface area is 234 Å². The SMILES string of the molecule is CC[C@H](C(=O)NC1CCCCC1)N(Cc1ccc(Cl)cc1)C(=O)CN(c1cc(Cl)cc(Cl)c1)S(C)(=O)=O. The van der Waals surface area contributed by atoms with Crippen LogP contribution in [0.3, 0.4) is 0 Å². The number of sulfonamides is 1. The van der Waals surface area contributed by atoms with Crippen LogP contribution in [0.2, 0.25) is 15.1 Å². The number of nitrogens with zero attached hydrogens (tertiary/aromatic N) is 2. The normalized spacial score (nSPS) is 15.2. The van der Waals surface area contributed by atoms with Crippen molar-refractivity contribution < 1.29 is 18.0 Å². The smallest absolute Gasteiger partial charge is 0.244 e. The van der Waals surface area contributed by atoms with Gasteiger partial charge in [-0.1, -0.05) is 73.1 Å². The average Bonchev–Trinajstić information content (AvgIpc) is 2.82. The van der Waals surface area contributed by atoms with Crippen molar-refractivity contribution in [1.82, 2.24) is 10.2 Å². The van der Waals surface area contributed by atoms with Gasteiger partial charge in [0.25, 0.3) is 0 Å². The topological polar surface area (TPSA) is 86.8 Å². The molecule has 0 spiro atoms. The van der Waals surface area contributed by atoms with Crippen LogP contribution in [-0.4, -0.2) is 50.0 Å². The summed E-state index contributed by atoms with van der Waals surface area (Å²) < 4.78 is 26.4.